The van der Waals surface area contributed by atoms with Crippen LogP contribution >= 0.6 is 22.9 Å². The van der Waals surface area contributed by atoms with Crippen molar-refractivity contribution in [3.05, 3.63) is 45.6 Å². The van der Waals surface area contributed by atoms with Crippen molar-refractivity contribution in [1.29, 1.82) is 0 Å². The Morgan fingerprint density at radius 2 is 2.14 bits per heavy atom. The molecule has 1 atom stereocenters. The summed E-state index contributed by atoms with van der Waals surface area (Å²) in [5, 5.41) is 2.06. The quantitative estimate of drug-likeness (QED) is 0.783. The highest BCUT2D eigenvalue weighted by Crippen LogP contribution is 2.28. The van der Waals surface area contributed by atoms with E-state index in [1.807, 2.05) is 24.4 Å². The lowest BCUT2D eigenvalue weighted by molar-refractivity contribution is 0.540. The molecule has 0 fully saturated rings. The van der Waals surface area contributed by atoms with Gasteiger partial charge < -0.3 is 5.73 Å². The number of benzene rings is 1. The van der Waals surface area contributed by atoms with E-state index in [9.17, 15) is 8.42 Å². The van der Waals surface area contributed by atoms with Crippen molar-refractivity contribution in [2.75, 3.05) is 5.73 Å². The molecule has 0 radical (unpaired) electrons. The first-order valence-corrected chi connectivity index (χ1v) is 9.29. The van der Waals surface area contributed by atoms with E-state index in [-0.39, 0.29) is 16.0 Å². The predicted molar refractivity (Wildman–Crippen MR) is 88.2 cm³/mol. The van der Waals surface area contributed by atoms with Gasteiger partial charge in [-0.15, -0.1) is 11.3 Å². The van der Waals surface area contributed by atoms with Gasteiger partial charge in [0.25, 0.3) is 0 Å². The number of hydrogen-bond donors (Lipinski definition) is 2. The van der Waals surface area contributed by atoms with Crippen LogP contribution in [-0.4, -0.2) is 8.42 Å². The second-order valence-corrected chi connectivity index (χ2v) is 7.74. The van der Waals surface area contributed by atoms with E-state index in [1.54, 1.807) is 0 Å². The van der Waals surface area contributed by atoms with Crippen LogP contribution in [0.25, 0.3) is 0 Å². The van der Waals surface area contributed by atoms with Crippen LogP contribution in [0.15, 0.2) is 40.6 Å². The number of anilines is 1. The molecule has 2 aromatic rings. The van der Waals surface area contributed by atoms with Gasteiger partial charge >= 0.3 is 0 Å². The number of rotatable bonds is 6. The summed E-state index contributed by atoms with van der Waals surface area (Å²) in [6.07, 6.45) is 1.60. The zero-order chi connectivity index (χ0) is 15.5. The fraction of sp³-hybridized carbons (Fsp3) is 0.286. The summed E-state index contributed by atoms with van der Waals surface area (Å²) in [6, 6.07) is 7.99. The number of nitrogens with two attached hydrogens (primary N) is 1. The van der Waals surface area contributed by atoms with Crippen LogP contribution in [0.3, 0.4) is 0 Å². The average molecular weight is 345 g/mol. The van der Waals surface area contributed by atoms with E-state index in [4.69, 9.17) is 17.3 Å². The zero-order valence-electron chi connectivity index (χ0n) is 11.5. The molecule has 0 amide bonds. The average Bonchev–Trinajstić information content (AvgIpc) is 2.91. The Kier molecular flexibility index (Phi) is 5.27. The maximum atomic E-state index is 12.5. The summed E-state index contributed by atoms with van der Waals surface area (Å²) in [7, 11) is -3.69. The Labute approximate surface area is 134 Å². The molecular weight excluding hydrogens is 328 g/mol. The van der Waals surface area contributed by atoms with Crippen LogP contribution < -0.4 is 10.5 Å². The number of nitrogen functional groups attached to an aromatic ring is 1. The molecule has 0 aliphatic rings. The summed E-state index contributed by atoms with van der Waals surface area (Å²) in [5.41, 5.74) is 6.03. The molecule has 0 aliphatic carbocycles. The van der Waals surface area contributed by atoms with Gasteiger partial charge in [0.05, 0.1) is 11.1 Å². The lowest BCUT2D eigenvalue weighted by atomic mass is 10.1. The van der Waals surface area contributed by atoms with Crippen molar-refractivity contribution in [3.63, 3.8) is 0 Å². The highest BCUT2D eigenvalue weighted by Gasteiger charge is 2.23. The molecule has 2 rings (SSSR count). The molecule has 1 unspecified atom stereocenters. The smallest absolute Gasteiger partial charge is 0.242 e. The maximum absolute atomic E-state index is 12.5. The van der Waals surface area contributed by atoms with E-state index in [1.165, 1.54) is 29.5 Å². The first-order chi connectivity index (χ1) is 9.94. The summed E-state index contributed by atoms with van der Waals surface area (Å²) in [6.45, 7) is 2.02. The highest BCUT2D eigenvalue weighted by atomic mass is 35.5. The van der Waals surface area contributed by atoms with Crippen LogP contribution in [-0.2, 0) is 10.0 Å². The summed E-state index contributed by atoms with van der Waals surface area (Å²) >= 11 is 7.54. The van der Waals surface area contributed by atoms with Crippen molar-refractivity contribution in [2.45, 2.75) is 30.7 Å². The van der Waals surface area contributed by atoms with Gasteiger partial charge in [0.15, 0.2) is 0 Å². The van der Waals surface area contributed by atoms with E-state index < -0.39 is 10.0 Å². The molecule has 1 aromatic heterocycles. The van der Waals surface area contributed by atoms with Gasteiger partial charge in [-0.1, -0.05) is 31.0 Å². The number of sulfonamides is 1. The summed E-state index contributed by atoms with van der Waals surface area (Å²) in [5.74, 6) is 0. The van der Waals surface area contributed by atoms with Gasteiger partial charge in [-0.25, -0.2) is 13.1 Å². The molecule has 0 bridgehead atoms. The molecular formula is C14H17ClN2O2S2. The zero-order valence-corrected chi connectivity index (χ0v) is 13.9. The van der Waals surface area contributed by atoms with Crippen LogP contribution in [0.5, 0.6) is 0 Å². The van der Waals surface area contributed by atoms with Gasteiger partial charge in [0.1, 0.15) is 4.90 Å². The van der Waals surface area contributed by atoms with Crippen molar-refractivity contribution in [2.24, 2.45) is 0 Å². The van der Waals surface area contributed by atoms with Crippen LogP contribution in [0.1, 0.15) is 30.7 Å². The van der Waals surface area contributed by atoms with Crippen molar-refractivity contribution in [1.82, 2.24) is 4.72 Å². The first-order valence-electron chi connectivity index (χ1n) is 6.55. The third kappa shape index (κ3) is 3.97. The predicted octanol–water partition coefficient (Wildman–Crippen LogP) is 3.80. The lowest BCUT2D eigenvalue weighted by Crippen LogP contribution is -2.28. The molecule has 0 aliphatic heterocycles. The molecule has 0 spiro atoms. The minimum atomic E-state index is -3.69. The van der Waals surface area contributed by atoms with Gasteiger partial charge in [-0.3, -0.25) is 0 Å². The fourth-order valence-electron chi connectivity index (χ4n) is 2.02. The molecule has 114 valence electrons. The number of thiophene rings is 1. The molecule has 0 saturated heterocycles. The van der Waals surface area contributed by atoms with E-state index in [0.29, 0.717) is 5.69 Å². The van der Waals surface area contributed by atoms with E-state index >= 15 is 0 Å². The molecule has 1 aromatic carbocycles. The van der Waals surface area contributed by atoms with Gasteiger partial charge in [0.2, 0.25) is 10.0 Å². The van der Waals surface area contributed by atoms with Gasteiger partial charge in [-0.2, -0.15) is 0 Å². The third-order valence-electron chi connectivity index (χ3n) is 3.01. The summed E-state index contributed by atoms with van der Waals surface area (Å²) in [4.78, 5) is 1.04. The first kappa shape index (κ1) is 16.3. The topological polar surface area (TPSA) is 72.2 Å². The minimum absolute atomic E-state index is 0.0519. The lowest BCUT2D eigenvalue weighted by Gasteiger charge is -2.17. The Hall–Kier alpha value is -1.08. The van der Waals surface area contributed by atoms with Crippen molar-refractivity contribution in [3.8, 4) is 0 Å². The fourth-order valence-corrected chi connectivity index (χ4v) is 4.71. The number of halogens is 1. The normalized spacial score (nSPS) is 13.2. The molecule has 4 nitrogen and oxygen atoms in total. The standard InChI is InChI=1S/C14H17ClN2O2S2/c1-2-4-12(13-5-3-8-20-13)17-21(18,19)14-7-6-10(16)9-11(14)15/h3,5-9,12,17H,2,4,16H2,1H3. The molecule has 3 N–H and O–H groups in total. The Morgan fingerprint density at radius 3 is 2.71 bits per heavy atom. The number of hydrogen-bond acceptors (Lipinski definition) is 4. The second-order valence-electron chi connectivity index (χ2n) is 4.67. The SMILES string of the molecule is CCCC(NS(=O)(=O)c1ccc(N)cc1Cl)c1cccs1. The maximum Gasteiger partial charge on any atom is 0.242 e. The Bertz CT molecular complexity index is 700. The Balaban J connectivity index is 2.30. The van der Waals surface area contributed by atoms with Crippen LogP contribution in [0.4, 0.5) is 5.69 Å². The molecule has 0 saturated carbocycles. The molecule has 21 heavy (non-hydrogen) atoms. The van der Waals surface area contributed by atoms with E-state index in [0.717, 1.165) is 17.7 Å². The van der Waals surface area contributed by atoms with Gasteiger partial charge in [-0.05, 0) is 36.1 Å². The van der Waals surface area contributed by atoms with E-state index in [2.05, 4.69) is 4.72 Å². The molecule has 7 heteroatoms. The number of nitrogens with one attached hydrogen (secondary N) is 1. The largest absolute Gasteiger partial charge is 0.399 e. The third-order valence-corrected chi connectivity index (χ3v) is 5.95. The second kappa shape index (κ2) is 6.79. The minimum Gasteiger partial charge on any atom is -0.399 e. The van der Waals surface area contributed by atoms with Crippen LogP contribution in [0.2, 0.25) is 5.02 Å². The Morgan fingerprint density at radius 1 is 1.38 bits per heavy atom. The van der Waals surface area contributed by atoms with Crippen molar-refractivity contribution < 1.29 is 8.42 Å². The molecule has 1 heterocycles. The highest BCUT2D eigenvalue weighted by molar-refractivity contribution is 7.89. The monoisotopic (exact) mass is 344 g/mol. The van der Waals surface area contributed by atoms with Crippen molar-refractivity contribution >= 4 is 38.6 Å². The van der Waals surface area contributed by atoms with Crippen LogP contribution in [0, 0.1) is 0 Å². The van der Waals surface area contributed by atoms with Gasteiger partial charge in [0, 0.05) is 10.6 Å². The summed E-state index contributed by atoms with van der Waals surface area (Å²) < 4.78 is 27.8.